The van der Waals surface area contributed by atoms with Crippen molar-refractivity contribution in [3.63, 3.8) is 0 Å². The predicted octanol–water partition coefficient (Wildman–Crippen LogP) is 5.70. The number of alkyl halides is 11. The monoisotopic (exact) mass is 404 g/mol. The van der Waals surface area contributed by atoms with Crippen molar-refractivity contribution in [2.45, 2.75) is 62.5 Å². The summed E-state index contributed by atoms with van der Waals surface area (Å²) in [5.74, 6) is -19.0. The second-order valence-electron chi connectivity index (χ2n) is 5.66. The zero-order valence-corrected chi connectivity index (χ0v) is 12.7. The van der Waals surface area contributed by atoms with Crippen LogP contribution in [0.1, 0.15) is 32.1 Å². The molecule has 0 N–H and O–H groups in total. The lowest BCUT2D eigenvalue weighted by molar-refractivity contribution is -0.344. The first-order valence-electron chi connectivity index (χ1n) is 6.70. The Balaban J connectivity index is 5.93. The fourth-order valence-electron chi connectivity index (χ4n) is 2.16. The average molecular weight is 404 g/mol. The zero-order valence-electron chi connectivity index (χ0n) is 12.7. The highest BCUT2D eigenvalue weighted by molar-refractivity contribution is 5.04. The van der Waals surface area contributed by atoms with E-state index < -0.39 is 67.9 Å². The molecule has 0 atom stereocenters. The van der Waals surface area contributed by atoms with Crippen LogP contribution in [-0.4, -0.2) is 30.4 Å². The largest absolute Gasteiger partial charge is 0.389 e. The summed E-state index contributed by atoms with van der Waals surface area (Å²) >= 11 is 0. The highest BCUT2D eigenvalue weighted by Gasteiger charge is 2.75. The van der Waals surface area contributed by atoms with Gasteiger partial charge in [0.05, 0.1) is 12.1 Å². The van der Waals surface area contributed by atoms with Crippen LogP contribution in [0.15, 0.2) is 0 Å². The summed E-state index contributed by atoms with van der Waals surface area (Å²) in [6.07, 6.45) is -18.5. The number of rotatable bonds is 9. The van der Waals surface area contributed by atoms with Crippen molar-refractivity contribution in [3.8, 4) is 12.1 Å². The van der Waals surface area contributed by atoms with E-state index in [0.29, 0.717) is 0 Å². The maximum Gasteiger partial charge on any atom is 0.389 e. The molecule has 0 spiro atoms. The number of nitriles is 2. The minimum absolute atomic E-state index is 1.13. The first-order valence-corrected chi connectivity index (χ1v) is 6.70. The highest BCUT2D eigenvalue weighted by atomic mass is 19.4. The molecule has 13 heteroatoms. The molecule has 0 bridgehead atoms. The molecule has 26 heavy (non-hydrogen) atoms. The molecule has 0 radical (unpaired) electrons. The molecule has 2 nitrogen and oxygen atoms in total. The third kappa shape index (κ3) is 5.35. The van der Waals surface area contributed by atoms with Gasteiger partial charge in [-0.05, 0) is 6.42 Å². The fourth-order valence-corrected chi connectivity index (χ4v) is 2.16. The van der Waals surface area contributed by atoms with Crippen molar-refractivity contribution < 1.29 is 48.3 Å². The lowest BCUT2D eigenvalue weighted by atomic mass is 9.72. The van der Waals surface area contributed by atoms with Gasteiger partial charge in [0, 0.05) is 31.1 Å². The Labute approximate surface area is 140 Å². The van der Waals surface area contributed by atoms with Crippen LogP contribution >= 0.6 is 0 Å². The van der Waals surface area contributed by atoms with Crippen LogP contribution in [0.2, 0.25) is 0 Å². The summed E-state index contributed by atoms with van der Waals surface area (Å²) in [6, 6.07) is 2.27. The molecular weight excluding hydrogens is 393 g/mol. The van der Waals surface area contributed by atoms with Crippen LogP contribution in [0, 0.1) is 28.1 Å². The van der Waals surface area contributed by atoms with E-state index in [-0.39, 0.29) is 0 Å². The quantitative estimate of drug-likeness (QED) is 0.463. The number of halogens is 11. The Hall–Kier alpha value is -1.79. The van der Waals surface area contributed by atoms with Crippen molar-refractivity contribution >= 4 is 0 Å². The van der Waals surface area contributed by atoms with Gasteiger partial charge in [-0.15, -0.1) is 0 Å². The van der Waals surface area contributed by atoms with Gasteiger partial charge in [-0.1, -0.05) is 0 Å². The molecule has 0 aliphatic heterocycles. The van der Waals surface area contributed by atoms with Gasteiger partial charge in [0.2, 0.25) is 0 Å². The maximum atomic E-state index is 13.8. The van der Waals surface area contributed by atoms with Gasteiger partial charge in [0.1, 0.15) is 0 Å². The topological polar surface area (TPSA) is 47.6 Å². The van der Waals surface area contributed by atoms with Crippen LogP contribution in [0.5, 0.6) is 0 Å². The molecule has 0 unspecified atom stereocenters. The van der Waals surface area contributed by atoms with Gasteiger partial charge < -0.3 is 0 Å². The first kappa shape index (κ1) is 24.2. The van der Waals surface area contributed by atoms with Crippen LogP contribution in [-0.2, 0) is 0 Å². The minimum Gasteiger partial charge on any atom is -0.203 e. The Morgan fingerprint density at radius 3 is 1.46 bits per heavy atom. The molecule has 0 amide bonds. The molecule has 0 rings (SSSR count). The Kier molecular flexibility index (Phi) is 7.30. The first-order chi connectivity index (χ1) is 11.5. The fraction of sp³-hybridized carbons (Fsp3) is 0.846. The third-order valence-electron chi connectivity index (χ3n) is 3.60. The van der Waals surface area contributed by atoms with Crippen molar-refractivity contribution in [1.29, 1.82) is 10.5 Å². The second-order valence-corrected chi connectivity index (χ2v) is 5.66. The van der Waals surface area contributed by atoms with E-state index in [1.807, 2.05) is 0 Å². The Bertz CT molecular complexity index is 538. The molecule has 0 saturated carbocycles. The van der Waals surface area contributed by atoms with Crippen molar-refractivity contribution in [2.24, 2.45) is 5.41 Å². The molecule has 0 saturated heterocycles. The molecule has 0 aromatic rings. The lowest BCUT2D eigenvalue weighted by Gasteiger charge is -2.38. The Morgan fingerprint density at radius 1 is 0.731 bits per heavy atom. The summed E-state index contributed by atoms with van der Waals surface area (Å²) in [4.78, 5) is 0. The van der Waals surface area contributed by atoms with E-state index in [1.54, 1.807) is 0 Å². The van der Waals surface area contributed by atoms with Gasteiger partial charge >= 0.3 is 30.4 Å². The van der Waals surface area contributed by atoms with E-state index in [2.05, 4.69) is 0 Å². The number of hydrogen-bond acceptors (Lipinski definition) is 2. The molecule has 0 aliphatic carbocycles. The van der Waals surface area contributed by atoms with Crippen molar-refractivity contribution in [1.82, 2.24) is 0 Å². The van der Waals surface area contributed by atoms with Crippen LogP contribution in [0.25, 0.3) is 0 Å². The molecule has 150 valence electrons. The average Bonchev–Trinajstić information content (AvgIpc) is 2.44. The summed E-state index contributed by atoms with van der Waals surface area (Å²) < 4.78 is 141. The SMILES string of the molecule is N#CCC(CC#N)(CCC(F)(F)F)CC(F)(F)C(F)(F)C(F)(F)C(F)F. The van der Waals surface area contributed by atoms with E-state index >= 15 is 0 Å². The summed E-state index contributed by atoms with van der Waals surface area (Å²) in [5.41, 5.74) is -2.75. The van der Waals surface area contributed by atoms with Crippen LogP contribution in [0.3, 0.4) is 0 Å². The predicted molar refractivity (Wildman–Crippen MR) is 63.6 cm³/mol. The Morgan fingerprint density at radius 2 is 1.15 bits per heavy atom. The molecular formula is C13H11F11N2. The summed E-state index contributed by atoms with van der Waals surface area (Å²) in [6.45, 7) is 0. The van der Waals surface area contributed by atoms with E-state index in [9.17, 15) is 48.3 Å². The summed E-state index contributed by atoms with van der Waals surface area (Å²) in [7, 11) is 0. The second kappa shape index (κ2) is 7.84. The standard InChI is InChI=1S/C13H11F11N2/c14-8(15)12(21,22)13(23,24)10(16,17)7-9(3-5-25,4-6-26)1-2-11(18,19)20/h8H,1-4,7H2. The van der Waals surface area contributed by atoms with E-state index in [0.717, 1.165) is 12.1 Å². The van der Waals surface area contributed by atoms with E-state index in [4.69, 9.17) is 10.5 Å². The molecule has 0 aliphatic rings. The number of hydrogen-bond donors (Lipinski definition) is 0. The van der Waals surface area contributed by atoms with Gasteiger partial charge in [0.25, 0.3) is 0 Å². The lowest BCUT2D eigenvalue weighted by Crippen LogP contribution is -2.58. The van der Waals surface area contributed by atoms with Crippen molar-refractivity contribution in [2.75, 3.05) is 0 Å². The summed E-state index contributed by atoms with van der Waals surface area (Å²) in [5, 5.41) is 17.1. The minimum atomic E-state index is -6.62. The van der Waals surface area contributed by atoms with Gasteiger partial charge in [-0.2, -0.15) is 50.0 Å². The van der Waals surface area contributed by atoms with Crippen LogP contribution < -0.4 is 0 Å². The zero-order chi connectivity index (χ0) is 21.0. The normalized spacial score (nSPS) is 14.2. The number of nitrogens with zero attached hydrogens (tertiary/aromatic N) is 2. The van der Waals surface area contributed by atoms with Gasteiger partial charge in [-0.25, -0.2) is 8.78 Å². The smallest absolute Gasteiger partial charge is 0.203 e. The van der Waals surface area contributed by atoms with Crippen molar-refractivity contribution in [3.05, 3.63) is 0 Å². The van der Waals surface area contributed by atoms with Crippen LogP contribution in [0.4, 0.5) is 48.3 Å². The molecule has 0 aromatic carbocycles. The highest BCUT2D eigenvalue weighted by Crippen LogP contribution is 2.54. The van der Waals surface area contributed by atoms with Gasteiger partial charge in [0.15, 0.2) is 0 Å². The van der Waals surface area contributed by atoms with E-state index in [1.165, 1.54) is 0 Å². The third-order valence-corrected chi connectivity index (χ3v) is 3.60. The molecule has 0 heterocycles. The molecule has 0 fully saturated rings. The maximum absolute atomic E-state index is 13.8. The van der Waals surface area contributed by atoms with Gasteiger partial charge in [-0.3, -0.25) is 0 Å². The molecule has 0 aromatic heterocycles.